The van der Waals surface area contributed by atoms with Crippen molar-refractivity contribution in [3.05, 3.63) is 64.1 Å². The quantitative estimate of drug-likeness (QED) is 0.468. The van der Waals surface area contributed by atoms with E-state index >= 15 is 0 Å². The fraction of sp³-hybridized carbons (Fsp3) is 0.125. The Morgan fingerprint density at radius 1 is 1.09 bits per heavy atom. The number of hydrogen-bond donors (Lipinski definition) is 1. The van der Waals surface area contributed by atoms with E-state index in [1.807, 2.05) is 30.3 Å². The van der Waals surface area contributed by atoms with Crippen molar-refractivity contribution < 1.29 is 4.79 Å². The standard InChI is InChI=1S/C16H14Cl2N2OS/c17-14-7-4-8-15(18)13(14)11-19-20-16(21)9-10-22-12-5-2-1-3-6-12/h1-8,11H,9-10H2,(H,20,21)/b19-11-. The monoisotopic (exact) mass is 352 g/mol. The molecule has 1 N–H and O–H groups in total. The predicted octanol–water partition coefficient (Wildman–Crippen LogP) is 4.63. The van der Waals surface area contributed by atoms with Crippen molar-refractivity contribution in [1.29, 1.82) is 0 Å². The minimum atomic E-state index is -0.150. The third kappa shape index (κ3) is 5.37. The van der Waals surface area contributed by atoms with Gasteiger partial charge in [-0.3, -0.25) is 4.79 Å². The molecule has 0 spiro atoms. The molecule has 0 radical (unpaired) electrons. The van der Waals surface area contributed by atoms with Gasteiger partial charge < -0.3 is 0 Å². The molecule has 0 aliphatic carbocycles. The number of hydrazone groups is 1. The Kier molecular flexibility index (Phi) is 6.77. The molecule has 22 heavy (non-hydrogen) atoms. The van der Waals surface area contributed by atoms with Gasteiger partial charge in [0.05, 0.1) is 16.3 Å². The topological polar surface area (TPSA) is 41.5 Å². The molecule has 0 unspecified atom stereocenters. The summed E-state index contributed by atoms with van der Waals surface area (Å²) in [5.41, 5.74) is 3.06. The molecule has 0 fully saturated rings. The fourth-order valence-electron chi connectivity index (χ4n) is 1.64. The maximum absolute atomic E-state index is 11.7. The van der Waals surface area contributed by atoms with Crippen molar-refractivity contribution in [1.82, 2.24) is 5.43 Å². The molecule has 0 atom stereocenters. The van der Waals surface area contributed by atoms with E-state index in [1.54, 1.807) is 30.0 Å². The van der Waals surface area contributed by atoms with Crippen molar-refractivity contribution in [3.8, 4) is 0 Å². The maximum Gasteiger partial charge on any atom is 0.240 e. The molecule has 114 valence electrons. The van der Waals surface area contributed by atoms with Gasteiger partial charge in [-0.05, 0) is 24.3 Å². The van der Waals surface area contributed by atoms with Gasteiger partial charge in [0.25, 0.3) is 0 Å². The highest BCUT2D eigenvalue weighted by Gasteiger charge is 2.03. The van der Waals surface area contributed by atoms with Crippen molar-refractivity contribution in [3.63, 3.8) is 0 Å². The summed E-state index contributed by atoms with van der Waals surface area (Å²) >= 11 is 13.6. The second kappa shape index (κ2) is 8.83. The van der Waals surface area contributed by atoms with Crippen LogP contribution in [0.25, 0.3) is 0 Å². The lowest BCUT2D eigenvalue weighted by Crippen LogP contribution is -2.17. The van der Waals surface area contributed by atoms with E-state index in [-0.39, 0.29) is 5.91 Å². The van der Waals surface area contributed by atoms with Crippen LogP contribution in [0.3, 0.4) is 0 Å². The van der Waals surface area contributed by atoms with Crippen LogP contribution in [-0.2, 0) is 4.79 Å². The summed E-state index contributed by atoms with van der Waals surface area (Å²) in [5.74, 6) is 0.543. The van der Waals surface area contributed by atoms with E-state index in [0.717, 1.165) is 4.90 Å². The van der Waals surface area contributed by atoms with Crippen LogP contribution in [0.15, 0.2) is 58.5 Å². The Balaban J connectivity index is 1.77. The zero-order chi connectivity index (χ0) is 15.8. The van der Waals surface area contributed by atoms with Gasteiger partial charge in [0.15, 0.2) is 0 Å². The lowest BCUT2D eigenvalue weighted by Gasteiger charge is -2.02. The van der Waals surface area contributed by atoms with E-state index in [1.165, 1.54) is 6.21 Å². The Labute approximate surface area is 143 Å². The van der Waals surface area contributed by atoms with Gasteiger partial charge in [0.2, 0.25) is 5.91 Å². The number of carbonyl (C=O) groups is 1. The summed E-state index contributed by atoms with van der Waals surface area (Å²) < 4.78 is 0. The van der Waals surface area contributed by atoms with Gasteiger partial charge >= 0.3 is 0 Å². The molecular formula is C16H14Cl2N2OS. The van der Waals surface area contributed by atoms with Crippen LogP contribution in [-0.4, -0.2) is 17.9 Å². The number of hydrogen-bond acceptors (Lipinski definition) is 3. The Morgan fingerprint density at radius 2 is 1.77 bits per heavy atom. The number of nitrogens with zero attached hydrogens (tertiary/aromatic N) is 1. The molecule has 0 aliphatic heterocycles. The van der Waals surface area contributed by atoms with E-state index in [0.29, 0.717) is 27.8 Å². The molecule has 2 rings (SSSR count). The molecule has 0 heterocycles. The number of rotatable bonds is 6. The lowest BCUT2D eigenvalue weighted by atomic mass is 10.2. The van der Waals surface area contributed by atoms with Crippen LogP contribution in [0.4, 0.5) is 0 Å². The van der Waals surface area contributed by atoms with E-state index in [9.17, 15) is 4.79 Å². The summed E-state index contributed by atoms with van der Waals surface area (Å²) in [5, 5.41) is 4.87. The van der Waals surface area contributed by atoms with Gasteiger partial charge in [-0.2, -0.15) is 5.10 Å². The molecule has 0 aliphatic rings. The molecule has 1 amide bonds. The summed E-state index contributed by atoms with van der Waals surface area (Å²) in [6, 6.07) is 15.1. The number of carbonyl (C=O) groups excluding carboxylic acids is 1. The highest BCUT2D eigenvalue weighted by atomic mass is 35.5. The minimum Gasteiger partial charge on any atom is -0.273 e. The molecule has 6 heteroatoms. The predicted molar refractivity (Wildman–Crippen MR) is 94.0 cm³/mol. The molecular weight excluding hydrogens is 339 g/mol. The molecule has 0 saturated carbocycles. The third-order valence-electron chi connectivity index (χ3n) is 2.72. The second-order valence-electron chi connectivity index (χ2n) is 4.34. The highest BCUT2D eigenvalue weighted by molar-refractivity contribution is 7.99. The van der Waals surface area contributed by atoms with Gasteiger partial charge in [0, 0.05) is 22.6 Å². The molecule has 0 aromatic heterocycles. The van der Waals surface area contributed by atoms with Crippen LogP contribution >= 0.6 is 35.0 Å². The summed E-state index contributed by atoms with van der Waals surface area (Å²) in [4.78, 5) is 12.8. The molecule has 0 bridgehead atoms. The first-order valence-electron chi connectivity index (χ1n) is 6.60. The number of thioether (sulfide) groups is 1. The molecule has 2 aromatic carbocycles. The second-order valence-corrected chi connectivity index (χ2v) is 6.32. The Bertz CT molecular complexity index is 642. The van der Waals surface area contributed by atoms with Crippen molar-refractivity contribution >= 4 is 47.1 Å². The van der Waals surface area contributed by atoms with Crippen LogP contribution in [0, 0.1) is 0 Å². The number of benzene rings is 2. The van der Waals surface area contributed by atoms with E-state index in [4.69, 9.17) is 23.2 Å². The number of halogens is 2. The first-order valence-corrected chi connectivity index (χ1v) is 8.35. The molecule has 0 saturated heterocycles. The Morgan fingerprint density at radius 3 is 2.45 bits per heavy atom. The van der Waals surface area contributed by atoms with E-state index in [2.05, 4.69) is 10.5 Å². The average molecular weight is 353 g/mol. The fourth-order valence-corrected chi connectivity index (χ4v) is 3.00. The minimum absolute atomic E-state index is 0.150. The lowest BCUT2D eigenvalue weighted by molar-refractivity contribution is -0.120. The first-order chi connectivity index (χ1) is 10.7. The Hall–Kier alpha value is -1.49. The number of amides is 1. The normalized spacial score (nSPS) is 10.8. The SMILES string of the molecule is O=C(CCSc1ccccc1)N/N=C\c1c(Cl)cccc1Cl. The summed E-state index contributed by atoms with van der Waals surface area (Å²) in [6.07, 6.45) is 1.83. The first kappa shape index (κ1) is 16.9. The zero-order valence-corrected chi connectivity index (χ0v) is 14.0. The molecule has 2 aromatic rings. The highest BCUT2D eigenvalue weighted by Crippen LogP contribution is 2.22. The smallest absolute Gasteiger partial charge is 0.240 e. The van der Waals surface area contributed by atoms with Crippen molar-refractivity contribution in [2.75, 3.05) is 5.75 Å². The zero-order valence-electron chi connectivity index (χ0n) is 11.6. The van der Waals surface area contributed by atoms with Crippen molar-refractivity contribution in [2.24, 2.45) is 5.10 Å². The van der Waals surface area contributed by atoms with Crippen LogP contribution in [0.5, 0.6) is 0 Å². The van der Waals surface area contributed by atoms with Gasteiger partial charge in [-0.1, -0.05) is 47.5 Å². The average Bonchev–Trinajstić information content (AvgIpc) is 2.51. The summed E-state index contributed by atoms with van der Waals surface area (Å²) in [7, 11) is 0. The van der Waals surface area contributed by atoms with Gasteiger partial charge in [0.1, 0.15) is 0 Å². The number of nitrogens with one attached hydrogen (secondary N) is 1. The van der Waals surface area contributed by atoms with Gasteiger partial charge in [-0.25, -0.2) is 5.43 Å². The van der Waals surface area contributed by atoms with E-state index < -0.39 is 0 Å². The van der Waals surface area contributed by atoms with Crippen LogP contribution < -0.4 is 5.43 Å². The maximum atomic E-state index is 11.7. The summed E-state index contributed by atoms with van der Waals surface area (Å²) in [6.45, 7) is 0. The molecule has 3 nitrogen and oxygen atoms in total. The largest absolute Gasteiger partial charge is 0.273 e. The van der Waals surface area contributed by atoms with Crippen molar-refractivity contribution in [2.45, 2.75) is 11.3 Å². The van der Waals surface area contributed by atoms with Crippen LogP contribution in [0.2, 0.25) is 10.0 Å². The van der Waals surface area contributed by atoms with Gasteiger partial charge in [-0.15, -0.1) is 11.8 Å². The van der Waals surface area contributed by atoms with Crippen LogP contribution in [0.1, 0.15) is 12.0 Å². The third-order valence-corrected chi connectivity index (χ3v) is 4.40.